The van der Waals surface area contributed by atoms with Gasteiger partial charge in [0.15, 0.2) is 5.96 Å². The zero-order chi connectivity index (χ0) is 17.4. The molecule has 0 amide bonds. The Balaban J connectivity index is 0.00000312. The second kappa shape index (κ2) is 11.9. The molecular formula is C18H30ClIN4O. The van der Waals surface area contributed by atoms with Gasteiger partial charge in [-0.3, -0.25) is 4.99 Å². The average molecular weight is 481 g/mol. The molecule has 1 aliphatic heterocycles. The summed E-state index contributed by atoms with van der Waals surface area (Å²) < 4.78 is 5.66. The maximum Gasteiger partial charge on any atom is 0.191 e. The van der Waals surface area contributed by atoms with E-state index in [2.05, 4.69) is 48.7 Å². The first kappa shape index (κ1) is 22.5. The molecule has 0 radical (unpaired) electrons. The summed E-state index contributed by atoms with van der Waals surface area (Å²) >= 11 is 6.00. The first-order valence-corrected chi connectivity index (χ1v) is 9.03. The highest BCUT2D eigenvalue weighted by atomic mass is 127. The molecule has 142 valence electrons. The third kappa shape index (κ3) is 7.68. The van der Waals surface area contributed by atoms with Crippen LogP contribution in [0.1, 0.15) is 31.4 Å². The SMILES string of the molecule is CCNC(=NCC(c1ccc(Cl)cc1)N(C)C)NCC1CCCO1.I. The van der Waals surface area contributed by atoms with Crippen LogP contribution in [0, 0.1) is 0 Å². The highest BCUT2D eigenvalue weighted by Crippen LogP contribution is 2.20. The van der Waals surface area contributed by atoms with E-state index in [4.69, 9.17) is 21.3 Å². The largest absolute Gasteiger partial charge is 0.376 e. The summed E-state index contributed by atoms with van der Waals surface area (Å²) in [4.78, 5) is 6.94. The molecule has 0 aliphatic carbocycles. The molecular weight excluding hydrogens is 451 g/mol. The van der Waals surface area contributed by atoms with Crippen molar-refractivity contribution in [3.8, 4) is 0 Å². The van der Waals surface area contributed by atoms with Crippen molar-refractivity contribution >= 4 is 41.5 Å². The summed E-state index contributed by atoms with van der Waals surface area (Å²) in [5.74, 6) is 0.841. The van der Waals surface area contributed by atoms with Crippen molar-refractivity contribution in [1.82, 2.24) is 15.5 Å². The molecule has 2 unspecified atom stereocenters. The fourth-order valence-electron chi connectivity index (χ4n) is 2.79. The van der Waals surface area contributed by atoms with Crippen molar-refractivity contribution in [2.75, 3.05) is 40.3 Å². The first-order valence-electron chi connectivity index (χ1n) is 8.65. The quantitative estimate of drug-likeness (QED) is 0.357. The molecule has 1 saturated heterocycles. The van der Waals surface area contributed by atoms with Gasteiger partial charge < -0.3 is 20.3 Å². The zero-order valence-corrected chi connectivity index (χ0v) is 18.4. The molecule has 1 heterocycles. The number of nitrogens with one attached hydrogen (secondary N) is 2. The number of hydrogen-bond donors (Lipinski definition) is 2. The van der Waals surface area contributed by atoms with Gasteiger partial charge >= 0.3 is 0 Å². The Labute approximate surface area is 173 Å². The van der Waals surface area contributed by atoms with Crippen LogP contribution in [0.4, 0.5) is 0 Å². The van der Waals surface area contributed by atoms with Crippen LogP contribution >= 0.6 is 35.6 Å². The van der Waals surface area contributed by atoms with E-state index >= 15 is 0 Å². The van der Waals surface area contributed by atoms with Crippen LogP contribution in [0.25, 0.3) is 0 Å². The molecule has 0 spiro atoms. The van der Waals surface area contributed by atoms with Crippen molar-refractivity contribution in [2.24, 2.45) is 4.99 Å². The molecule has 1 aromatic carbocycles. The number of ether oxygens (including phenoxy) is 1. The van der Waals surface area contributed by atoms with Crippen LogP contribution in [-0.2, 0) is 4.74 Å². The molecule has 1 aliphatic rings. The summed E-state index contributed by atoms with van der Waals surface area (Å²) in [6.07, 6.45) is 2.58. The summed E-state index contributed by atoms with van der Waals surface area (Å²) in [6, 6.07) is 8.20. The molecule has 7 heteroatoms. The third-order valence-corrected chi connectivity index (χ3v) is 4.42. The predicted octanol–water partition coefficient (Wildman–Crippen LogP) is 3.29. The summed E-state index contributed by atoms with van der Waals surface area (Å²) in [5.41, 5.74) is 1.21. The highest BCUT2D eigenvalue weighted by Gasteiger charge is 2.17. The Kier molecular flexibility index (Phi) is 10.7. The molecule has 1 aromatic rings. The van der Waals surface area contributed by atoms with Crippen molar-refractivity contribution in [3.05, 3.63) is 34.9 Å². The highest BCUT2D eigenvalue weighted by molar-refractivity contribution is 14.0. The first-order chi connectivity index (χ1) is 11.6. The van der Waals surface area contributed by atoms with E-state index in [0.717, 1.165) is 43.5 Å². The molecule has 0 bridgehead atoms. The molecule has 5 nitrogen and oxygen atoms in total. The molecule has 25 heavy (non-hydrogen) atoms. The van der Waals surface area contributed by atoms with Crippen LogP contribution in [0.5, 0.6) is 0 Å². The Morgan fingerprint density at radius 3 is 2.60 bits per heavy atom. The number of guanidine groups is 1. The van der Waals surface area contributed by atoms with Crippen molar-refractivity contribution in [3.63, 3.8) is 0 Å². The van der Waals surface area contributed by atoms with E-state index in [-0.39, 0.29) is 30.0 Å². The topological polar surface area (TPSA) is 48.9 Å². The predicted molar refractivity (Wildman–Crippen MR) is 116 cm³/mol. The minimum absolute atomic E-state index is 0. The maximum absolute atomic E-state index is 6.00. The van der Waals surface area contributed by atoms with Gasteiger partial charge in [-0.2, -0.15) is 0 Å². The van der Waals surface area contributed by atoms with Crippen molar-refractivity contribution < 1.29 is 4.74 Å². The Morgan fingerprint density at radius 1 is 1.32 bits per heavy atom. The summed E-state index contributed by atoms with van der Waals surface area (Å²) in [6.45, 7) is 5.27. The zero-order valence-electron chi connectivity index (χ0n) is 15.3. The lowest BCUT2D eigenvalue weighted by Crippen LogP contribution is -2.41. The lowest BCUT2D eigenvalue weighted by atomic mass is 10.1. The van der Waals surface area contributed by atoms with Gasteiger partial charge in [0.1, 0.15) is 0 Å². The molecule has 1 fully saturated rings. The van der Waals surface area contributed by atoms with Crippen molar-refractivity contribution in [2.45, 2.75) is 31.9 Å². The van der Waals surface area contributed by atoms with Gasteiger partial charge in [-0.25, -0.2) is 0 Å². The van der Waals surface area contributed by atoms with Crippen LogP contribution in [0.2, 0.25) is 5.02 Å². The second-order valence-corrected chi connectivity index (χ2v) is 6.70. The summed E-state index contributed by atoms with van der Waals surface area (Å²) in [7, 11) is 4.14. The standard InChI is InChI=1S/C18H29ClN4O.HI/c1-4-20-18(21-12-16-6-5-11-24-16)22-13-17(23(2)3)14-7-9-15(19)10-8-14;/h7-10,16-17H,4-6,11-13H2,1-3H3,(H2,20,21,22);1H. The molecule has 0 saturated carbocycles. The molecule has 2 N–H and O–H groups in total. The minimum Gasteiger partial charge on any atom is -0.376 e. The number of nitrogens with zero attached hydrogens (tertiary/aromatic N) is 2. The fraction of sp³-hybridized carbons (Fsp3) is 0.611. The number of halogens is 2. The number of aliphatic imine (C=N–C) groups is 1. The average Bonchev–Trinajstić information content (AvgIpc) is 3.07. The lowest BCUT2D eigenvalue weighted by Gasteiger charge is -2.24. The van der Waals surface area contributed by atoms with Gasteiger partial charge in [-0.15, -0.1) is 24.0 Å². The molecule has 2 rings (SSSR count). The van der Waals surface area contributed by atoms with Gasteiger partial charge in [0, 0.05) is 24.7 Å². The lowest BCUT2D eigenvalue weighted by molar-refractivity contribution is 0.114. The number of hydrogen-bond acceptors (Lipinski definition) is 3. The van der Waals surface area contributed by atoms with E-state index in [0.29, 0.717) is 12.6 Å². The van der Waals surface area contributed by atoms with E-state index in [1.165, 1.54) is 5.56 Å². The number of likely N-dealkylation sites (N-methyl/N-ethyl adjacent to an activating group) is 1. The van der Waals surface area contributed by atoms with Crippen LogP contribution < -0.4 is 10.6 Å². The number of rotatable bonds is 7. The van der Waals surface area contributed by atoms with Gasteiger partial charge in [-0.05, 0) is 51.6 Å². The number of benzene rings is 1. The van der Waals surface area contributed by atoms with Gasteiger partial charge in [0.05, 0.1) is 18.7 Å². The second-order valence-electron chi connectivity index (χ2n) is 6.27. The Bertz CT molecular complexity index is 518. The normalized spacial score (nSPS) is 18.8. The smallest absolute Gasteiger partial charge is 0.191 e. The summed E-state index contributed by atoms with van der Waals surface area (Å²) in [5, 5.41) is 7.45. The van der Waals surface area contributed by atoms with Gasteiger partial charge in [0.2, 0.25) is 0 Å². The molecule has 2 atom stereocenters. The van der Waals surface area contributed by atoms with Gasteiger partial charge in [-0.1, -0.05) is 23.7 Å². The van der Waals surface area contributed by atoms with Crippen LogP contribution in [0.15, 0.2) is 29.3 Å². The van der Waals surface area contributed by atoms with Gasteiger partial charge in [0.25, 0.3) is 0 Å². The Hall–Kier alpha value is -0.570. The van der Waals surface area contributed by atoms with E-state index in [1.807, 2.05) is 12.1 Å². The molecule has 0 aromatic heterocycles. The monoisotopic (exact) mass is 480 g/mol. The minimum atomic E-state index is 0. The fourth-order valence-corrected chi connectivity index (χ4v) is 2.91. The van der Waals surface area contributed by atoms with Crippen LogP contribution in [-0.4, -0.2) is 57.3 Å². The Morgan fingerprint density at radius 2 is 2.04 bits per heavy atom. The van der Waals surface area contributed by atoms with Crippen LogP contribution in [0.3, 0.4) is 0 Å². The van der Waals surface area contributed by atoms with E-state index in [9.17, 15) is 0 Å². The van der Waals surface area contributed by atoms with E-state index < -0.39 is 0 Å². The maximum atomic E-state index is 6.00. The third-order valence-electron chi connectivity index (χ3n) is 4.17. The van der Waals surface area contributed by atoms with E-state index in [1.54, 1.807) is 0 Å². The van der Waals surface area contributed by atoms with Crippen molar-refractivity contribution in [1.29, 1.82) is 0 Å².